The van der Waals surface area contributed by atoms with E-state index in [1.54, 1.807) is 12.4 Å². The third-order valence-corrected chi connectivity index (χ3v) is 2.19. The third kappa shape index (κ3) is 4.74. The van der Waals surface area contributed by atoms with Crippen molar-refractivity contribution in [2.45, 2.75) is 25.7 Å². The van der Waals surface area contributed by atoms with Crippen molar-refractivity contribution in [3.05, 3.63) is 23.2 Å². The highest BCUT2D eigenvalue weighted by atomic mass is 35.5. The molecule has 0 fully saturated rings. The van der Waals surface area contributed by atoms with Gasteiger partial charge in [0.1, 0.15) is 0 Å². The third-order valence-electron chi connectivity index (χ3n) is 2.00. The minimum atomic E-state index is -0.164. The number of hydrogen-bond donors (Lipinski definition) is 0. The summed E-state index contributed by atoms with van der Waals surface area (Å²) < 4.78 is 4.54. The lowest BCUT2D eigenvalue weighted by Crippen LogP contribution is -2.00. The van der Waals surface area contributed by atoms with E-state index >= 15 is 0 Å². The molecule has 5 heteroatoms. The van der Waals surface area contributed by atoms with Crippen LogP contribution >= 0.6 is 11.6 Å². The molecule has 0 bridgehead atoms. The molecule has 82 valence electrons. The molecule has 0 N–H and O–H groups in total. The van der Waals surface area contributed by atoms with E-state index in [9.17, 15) is 4.79 Å². The molecule has 0 aromatic carbocycles. The van der Waals surface area contributed by atoms with Gasteiger partial charge in [-0.2, -0.15) is 0 Å². The Labute approximate surface area is 93.6 Å². The highest BCUT2D eigenvalue weighted by Crippen LogP contribution is 2.06. The van der Waals surface area contributed by atoms with Gasteiger partial charge < -0.3 is 4.74 Å². The topological polar surface area (TPSA) is 52.1 Å². The van der Waals surface area contributed by atoms with Crippen LogP contribution in [0.25, 0.3) is 0 Å². The van der Waals surface area contributed by atoms with E-state index in [4.69, 9.17) is 11.6 Å². The van der Waals surface area contributed by atoms with Crippen LogP contribution in [0.1, 0.15) is 24.8 Å². The van der Waals surface area contributed by atoms with Gasteiger partial charge in [0.05, 0.1) is 7.11 Å². The number of hydrogen-bond acceptors (Lipinski definition) is 4. The molecule has 0 atom stereocenters. The lowest BCUT2D eigenvalue weighted by molar-refractivity contribution is -0.140. The summed E-state index contributed by atoms with van der Waals surface area (Å²) in [5.41, 5.74) is 1.03. The van der Waals surface area contributed by atoms with Gasteiger partial charge in [-0.15, -0.1) is 0 Å². The quantitative estimate of drug-likeness (QED) is 0.440. The van der Waals surface area contributed by atoms with Crippen LogP contribution in [0, 0.1) is 0 Å². The SMILES string of the molecule is COC(=O)CCCCc1cnc(Cl)nc1. The number of rotatable bonds is 5. The lowest BCUT2D eigenvalue weighted by Gasteiger charge is -2.00. The molecule has 0 aliphatic heterocycles. The van der Waals surface area contributed by atoms with Crippen molar-refractivity contribution in [3.8, 4) is 0 Å². The Kier molecular flexibility index (Phi) is 5.04. The van der Waals surface area contributed by atoms with Gasteiger partial charge in [0.2, 0.25) is 5.28 Å². The molecule has 0 saturated heterocycles. The molecule has 0 aliphatic carbocycles. The van der Waals surface area contributed by atoms with Crippen LogP contribution in [0.15, 0.2) is 12.4 Å². The van der Waals surface area contributed by atoms with Crippen molar-refractivity contribution in [2.24, 2.45) is 0 Å². The molecule has 0 radical (unpaired) electrons. The Balaban J connectivity index is 2.20. The Hall–Kier alpha value is -1.16. The van der Waals surface area contributed by atoms with E-state index in [0.717, 1.165) is 24.8 Å². The molecule has 1 rings (SSSR count). The zero-order valence-corrected chi connectivity index (χ0v) is 9.33. The summed E-state index contributed by atoms with van der Waals surface area (Å²) in [5, 5.41) is 0.258. The first-order valence-electron chi connectivity index (χ1n) is 4.75. The average Bonchev–Trinajstić information content (AvgIpc) is 2.26. The van der Waals surface area contributed by atoms with Crippen molar-refractivity contribution < 1.29 is 9.53 Å². The van der Waals surface area contributed by atoms with Crippen molar-refractivity contribution in [3.63, 3.8) is 0 Å². The van der Waals surface area contributed by atoms with Crippen LogP contribution in [-0.2, 0) is 16.0 Å². The summed E-state index contributed by atoms with van der Waals surface area (Å²) in [6.07, 6.45) is 6.45. The van der Waals surface area contributed by atoms with Gasteiger partial charge in [0, 0.05) is 18.8 Å². The number of ether oxygens (including phenoxy) is 1. The van der Waals surface area contributed by atoms with E-state index in [2.05, 4.69) is 14.7 Å². The first-order chi connectivity index (χ1) is 7.22. The van der Waals surface area contributed by atoms with E-state index in [-0.39, 0.29) is 11.3 Å². The summed E-state index contributed by atoms with van der Waals surface area (Å²) in [7, 11) is 1.40. The second-order valence-electron chi connectivity index (χ2n) is 3.14. The van der Waals surface area contributed by atoms with Crippen molar-refractivity contribution >= 4 is 17.6 Å². The number of carbonyl (C=O) groups is 1. The van der Waals surface area contributed by atoms with Crippen LogP contribution in [0.3, 0.4) is 0 Å². The number of halogens is 1. The van der Waals surface area contributed by atoms with Crippen LogP contribution in [0.5, 0.6) is 0 Å². The summed E-state index contributed by atoms with van der Waals surface area (Å²) in [6.45, 7) is 0. The van der Waals surface area contributed by atoms with Gasteiger partial charge in [-0.1, -0.05) is 0 Å². The maximum absolute atomic E-state index is 10.8. The first-order valence-corrected chi connectivity index (χ1v) is 5.13. The van der Waals surface area contributed by atoms with Gasteiger partial charge in [-0.25, -0.2) is 9.97 Å². The predicted molar refractivity (Wildman–Crippen MR) is 56.6 cm³/mol. The van der Waals surface area contributed by atoms with Gasteiger partial charge in [0.15, 0.2) is 0 Å². The van der Waals surface area contributed by atoms with Crippen LogP contribution in [0.4, 0.5) is 0 Å². The molecular weight excluding hydrogens is 216 g/mol. The zero-order valence-electron chi connectivity index (χ0n) is 8.57. The average molecular weight is 229 g/mol. The zero-order chi connectivity index (χ0) is 11.1. The van der Waals surface area contributed by atoms with Crippen LogP contribution < -0.4 is 0 Å². The molecule has 1 aromatic heterocycles. The summed E-state index contributed by atoms with van der Waals surface area (Å²) in [4.78, 5) is 18.5. The smallest absolute Gasteiger partial charge is 0.305 e. The highest BCUT2D eigenvalue weighted by molar-refractivity contribution is 6.28. The number of aryl methyl sites for hydroxylation is 1. The van der Waals surface area contributed by atoms with Crippen molar-refractivity contribution in [2.75, 3.05) is 7.11 Å². The highest BCUT2D eigenvalue weighted by Gasteiger charge is 2.00. The largest absolute Gasteiger partial charge is 0.469 e. The summed E-state index contributed by atoms with van der Waals surface area (Å²) in [5.74, 6) is -0.164. The standard InChI is InChI=1S/C10H13ClN2O2/c1-15-9(14)5-3-2-4-8-6-12-10(11)13-7-8/h6-7H,2-5H2,1H3. The number of esters is 1. The fraction of sp³-hybridized carbons (Fsp3) is 0.500. The fourth-order valence-electron chi connectivity index (χ4n) is 1.17. The molecule has 0 amide bonds. The molecule has 0 aliphatic rings. The molecule has 1 aromatic rings. The Bertz CT molecular complexity index is 314. The maximum atomic E-state index is 10.8. The number of methoxy groups -OCH3 is 1. The van der Waals surface area contributed by atoms with Crippen LogP contribution in [0.2, 0.25) is 5.28 Å². The Morgan fingerprint density at radius 1 is 1.40 bits per heavy atom. The number of aromatic nitrogens is 2. The monoisotopic (exact) mass is 228 g/mol. The molecule has 0 spiro atoms. The second-order valence-corrected chi connectivity index (χ2v) is 3.48. The van der Waals surface area contributed by atoms with Crippen LogP contribution in [-0.4, -0.2) is 23.0 Å². The normalized spacial score (nSPS) is 10.0. The second kappa shape index (κ2) is 6.35. The van der Waals surface area contributed by atoms with Gasteiger partial charge in [-0.3, -0.25) is 4.79 Å². The predicted octanol–water partition coefficient (Wildman–Crippen LogP) is 2.02. The minimum Gasteiger partial charge on any atom is -0.469 e. The van der Waals surface area contributed by atoms with E-state index in [1.165, 1.54) is 7.11 Å². The molecule has 0 unspecified atom stereocenters. The Morgan fingerprint density at radius 2 is 2.07 bits per heavy atom. The number of unbranched alkanes of at least 4 members (excludes halogenated alkanes) is 1. The molecule has 4 nitrogen and oxygen atoms in total. The first kappa shape index (κ1) is 11.9. The van der Waals surface area contributed by atoms with Crippen molar-refractivity contribution in [1.82, 2.24) is 9.97 Å². The summed E-state index contributed by atoms with van der Waals surface area (Å²) in [6, 6.07) is 0. The minimum absolute atomic E-state index is 0.164. The molecule has 0 saturated carbocycles. The van der Waals surface area contributed by atoms with E-state index < -0.39 is 0 Å². The van der Waals surface area contributed by atoms with E-state index in [0.29, 0.717) is 6.42 Å². The molecule has 15 heavy (non-hydrogen) atoms. The summed E-state index contributed by atoms with van der Waals surface area (Å²) >= 11 is 5.55. The number of carbonyl (C=O) groups excluding carboxylic acids is 1. The molecular formula is C10H13ClN2O2. The molecule has 1 heterocycles. The lowest BCUT2D eigenvalue weighted by atomic mass is 10.1. The Morgan fingerprint density at radius 3 is 2.67 bits per heavy atom. The maximum Gasteiger partial charge on any atom is 0.305 e. The fourth-order valence-corrected chi connectivity index (χ4v) is 1.27. The van der Waals surface area contributed by atoms with Gasteiger partial charge in [-0.05, 0) is 36.4 Å². The van der Waals surface area contributed by atoms with Gasteiger partial charge >= 0.3 is 5.97 Å². The van der Waals surface area contributed by atoms with Gasteiger partial charge in [0.25, 0.3) is 0 Å². The van der Waals surface area contributed by atoms with Crippen molar-refractivity contribution in [1.29, 1.82) is 0 Å². The number of nitrogens with zero attached hydrogens (tertiary/aromatic N) is 2. The van der Waals surface area contributed by atoms with E-state index in [1.807, 2.05) is 0 Å².